The molecule has 2 rings (SSSR count). The van der Waals surface area contributed by atoms with Gasteiger partial charge in [-0.25, -0.2) is 0 Å². The van der Waals surface area contributed by atoms with Gasteiger partial charge in [-0.05, 0) is 43.2 Å². The molecule has 1 aromatic heterocycles. The number of nitrogens with zero attached hydrogens (tertiary/aromatic N) is 1. The van der Waals surface area contributed by atoms with Gasteiger partial charge in [0.25, 0.3) is 0 Å². The summed E-state index contributed by atoms with van der Waals surface area (Å²) in [7, 11) is 0. The van der Waals surface area contributed by atoms with Gasteiger partial charge in [-0.2, -0.15) is 0 Å². The lowest BCUT2D eigenvalue weighted by molar-refractivity contribution is 0.0417. The van der Waals surface area contributed by atoms with Crippen LogP contribution in [0.4, 0.5) is 0 Å². The molecule has 2 heteroatoms. The van der Waals surface area contributed by atoms with Crippen LogP contribution in [0, 0.1) is 25.7 Å². The molecule has 1 N–H and O–H groups in total. The van der Waals surface area contributed by atoms with Crippen LogP contribution in [0.25, 0.3) is 0 Å². The fourth-order valence-corrected chi connectivity index (χ4v) is 3.40. The highest BCUT2D eigenvalue weighted by Gasteiger charge is 2.31. The predicted molar refractivity (Wildman–Crippen MR) is 74.4 cm³/mol. The molecule has 0 spiro atoms. The van der Waals surface area contributed by atoms with Crippen molar-refractivity contribution >= 4 is 0 Å². The summed E-state index contributed by atoms with van der Waals surface area (Å²) in [4.78, 5) is 4.47. The van der Waals surface area contributed by atoms with E-state index >= 15 is 0 Å². The van der Waals surface area contributed by atoms with Crippen LogP contribution >= 0.6 is 0 Å². The van der Waals surface area contributed by atoms with Crippen molar-refractivity contribution in [3.63, 3.8) is 0 Å². The van der Waals surface area contributed by atoms with Gasteiger partial charge in [0.15, 0.2) is 0 Å². The van der Waals surface area contributed by atoms with Crippen LogP contribution in [-0.2, 0) is 0 Å². The Kier molecular flexibility index (Phi) is 4.39. The van der Waals surface area contributed by atoms with Gasteiger partial charge in [-0.1, -0.05) is 38.7 Å². The van der Waals surface area contributed by atoms with E-state index in [1.807, 2.05) is 13.1 Å². The Bertz CT molecular complexity index is 402. The van der Waals surface area contributed by atoms with Crippen molar-refractivity contribution < 1.29 is 5.11 Å². The van der Waals surface area contributed by atoms with Crippen molar-refractivity contribution in [2.75, 3.05) is 0 Å². The molecule has 0 bridgehead atoms. The second-order valence-corrected chi connectivity index (χ2v) is 5.78. The number of rotatable bonds is 3. The summed E-state index contributed by atoms with van der Waals surface area (Å²) in [6.45, 7) is 6.35. The summed E-state index contributed by atoms with van der Waals surface area (Å²) in [6.07, 6.45) is 7.65. The lowest BCUT2D eigenvalue weighted by Crippen LogP contribution is -2.26. The molecule has 0 saturated heterocycles. The molecule has 1 saturated carbocycles. The van der Waals surface area contributed by atoms with Gasteiger partial charge in [0.05, 0.1) is 11.8 Å². The second-order valence-electron chi connectivity index (χ2n) is 5.78. The number of hydrogen-bond donors (Lipinski definition) is 1. The molecular formula is C16H25NO. The summed E-state index contributed by atoms with van der Waals surface area (Å²) in [5.41, 5.74) is 3.19. The minimum atomic E-state index is -0.379. The molecule has 100 valence electrons. The summed E-state index contributed by atoms with van der Waals surface area (Å²) in [6, 6.07) is 2.12. The molecule has 1 heterocycles. The highest BCUT2D eigenvalue weighted by molar-refractivity contribution is 5.25. The van der Waals surface area contributed by atoms with Crippen LogP contribution < -0.4 is 0 Å². The minimum absolute atomic E-state index is 0.379. The largest absolute Gasteiger partial charge is 0.386 e. The molecule has 0 aliphatic heterocycles. The van der Waals surface area contributed by atoms with Crippen molar-refractivity contribution in [1.29, 1.82) is 0 Å². The summed E-state index contributed by atoms with van der Waals surface area (Å²) in [5, 5.41) is 10.7. The number of aliphatic hydroxyl groups is 1. The zero-order valence-corrected chi connectivity index (χ0v) is 11.8. The van der Waals surface area contributed by atoms with Crippen LogP contribution in [0.1, 0.15) is 62.0 Å². The molecule has 3 atom stereocenters. The van der Waals surface area contributed by atoms with Crippen molar-refractivity contribution in [2.24, 2.45) is 11.8 Å². The maximum atomic E-state index is 10.7. The van der Waals surface area contributed by atoms with Crippen LogP contribution in [0.2, 0.25) is 0 Å². The molecule has 2 nitrogen and oxygen atoms in total. The van der Waals surface area contributed by atoms with Crippen molar-refractivity contribution in [1.82, 2.24) is 4.98 Å². The van der Waals surface area contributed by atoms with Gasteiger partial charge in [-0.15, -0.1) is 0 Å². The predicted octanol–water partition coefficient (Wildman–Crippen LogP) is 3.95. The molecule has 0 amide bonds. The highest BCUT2D eigenvalue weighted by atomic mass is 16.3. The molecule has 0 aromatic carbocycles. The van der Waals surface area contributed by atoms with Gasteiger partial charge in [0.1, 0.15) is 0 Å². The lowest BCUT2D eigenvalue weighted by atomic mass is 9.74. The van der Waals surface area contributed by atoms with E-state index in [4.69, 9.17) is 0 Å². The van der Waals surface area contributed by atoms with Gasteiger partial charge >= 0.3 is 0 Å². The number of aromatic nitrogens is 1. The first-order valence-electron chi connectivity index (χ1n) is 7.24. The third kappa shape index (κ3) is 2.74. The third-order valence-corrected chi connectivity index (χ3v) is 4.43. The van der Waals surface area contributed by atoms with Crippen molar-refractivity contribution in [2.45, 2.75) is 59.0 Å². The van der Waals surface area contributed by atoms with Crippen LogP contribution in [-0.4, -0.2) is 10.1 Å². The Hall–Kier alpha value is -0.890. The van der Waals surface area contributed by atoms with E-state index in [-0.39, 0.29) is 6.10 Å². The Morgan fingerprint density at radius 1 is 1.33 bits per heavy atom. The molecule has 3 unspecified atom stereocenters. The minimum Gasteiger partial charge on any atom is -0.386 e. The standard InChI is InChI=1S/C16H25NO/c1-4-13-7-5-6-8-14(13)16(18)15-12(3)9-11(2)10-17-15/h9-10,13-14,16,18H,4-8H2,1-3H3. The van der Waals surface area contributed by atoms with E-state index in [2.05, 4.69) is 24.9 Å². The van der Waals surface area contributed by atoms with Gasteiger partial charge < -0.3 is 5.11 Å². The second kappa shape index (κ2) is 5.83. The fraction of sp³-hybridized carbons (Fsp3) is 0.688. The summed E-state index contributed by atoms with van der Waals surface area (Å²) < 4.78 is 0. The van der Waals surface area contributed by atoms with Crippen LogP contribution in [0.15, 0.2) is 12.3 Å². The first-order chi connectivity index (χ1) is 8.63. The molecule has 1 fully saturated rings. The first-order valence-corrected chi connectivity index (χ1v) is 7.24. The molecule has 1 aromatic rings. The maximum Gasteiger partial charge on any atom is 0.0993 e. The van der Waals surface area contributed by atoms with Gasteiger partial charge in [0.2, 0.25) is 0 Å². The quantitative estimate of drug-likeness (QED) is 0.877. The topological polar surface area (TPSA) is 33.1 Å². The Morgan fingerprint density at radius 2 is 2.06 bits per heavy atom. The normalized spacial score (nSPS) is 26.0. The molecule has 1 aliphatic carbocycles. The molecular weight excluding hydrogens is 222 g/mol. The zero-order chi connectivity index (χ0) is 13.1. The number of pyridine rings is 1. The smallest absolute Gasteiger partial charge is 0.0993 e. The Balaban J connectivity index is 2.20. The lowest BCUT2D eigenvalue weighted by Gasteiger charge is -2.34. The van der Waals surface area contributed by atoms with Gasteiger partial charge in [0, 0.05) is 6.20 Å². The van der Waals surface area contributed by atoms with Crippen LogP contribution in [0.5, 0.6) is 0 Å². The van der Waals surface area contributed by atoms with Gasteiger partial charge in [-0.3, -0.25) is 4.98 Å². The first kappa shape index (κ1) is 13.5. The van der Waals surface area contributed by atoms with E-state index in [9.17, 15) is 5.11 Å². The van der Waals surface area contributed by atoms with E-state index in [1.165, 1.54) is 31.2 Å². The average molecular weight is 247 g/mol. The molecule has 1 aliphatic rings. The van der Waals surface area contributed by atoms with Crippen molar-refractivity contribution in [3.8, 4) is 0 Å². The van der Waals surface area contributed by atoms with Crippen molar-refractivity contribution in [3.05, 3.63) is 29.1 Å². The zero-order valence-electron chi connectivity index (χ0n) is 11.8. The number of aryl methyl sites for hydroxylation is 2. The Labute approximate surface area is 110 Å². The molecule has 0 radical (unpaired) electrons. The monoisotopic (exact) mass is 247 g/mol. The fourth-order valence-electron chi connectivity index (χ4n) is 3.40. The third-order valence-electron chi connectivity index (χ3n) is 4.43. The Morgan fingerprint density at radius 3 is 2.72 bits per heavy atom. The summed E-state index contributed by atoms with van der Waals surface area (Å²) >= 11 is 0. The van der Waals surface area contributed by atoms with E-state index in [1.54, 1.807) is 0 Å². The highest BCUT2D eigenvalue weighted by Crippen LogP contribution is 2.40. The number of hydrogen-bond acceptors (Lipinski definition) is 2. The number of aliphatic hydroxyl groups excluding tert-OH is 1. The maximum absolute atomic E-state index is 10.7. The van der Waals surface area contributed by atoms with Crippen LogP contribution in [0.3, 0.4) is 0 Å². The SMILES string of the molecule is CCC1CCCCC1C(O)c1ncc(C)cc1C. The average Bonchev–Trinajstić information content (AvgIpc) is 2.38. The van der Waals surface area contributed by atoms with E-state index < -0.39 is 0 Å². The summed E-state index contributed by atoms with van der Waals surface area (Å²) in [5.74, 6) is 1.06. The van der Waals surface area contributed by atoms with E-state index in [0.717, 1.165) is 17.7 Å². The van der Waals surface area contributed by atoms with E-state index in [0.29, 0.717) is 11.8 Å². The molecule has 18 heavy (non-hydrogen) atoms.